The number of halogens is 5. The van der Waals surface area contributed by atoms with Gasteiger partial charge in [-0.1, -0.05) is 24.3 Å². The van der Waals surface area contributed by atoms with Crippen LogP contribution in [-0.2, 0) is 4.79 Å². The normalized spacial score (nSPS) is 17.1. The van der Waals surface area contributed by atoms with Crippen LogP contribution in [0.2, 0.25) is 0 Å². The Morgan fingerprint density at radius 3 is 2.59 bits per heavy atom. The van der Waals surface area contributed by atoms with Gasteiger partial charge in [0.1, 0.15) is 11.8 Å². The van der Waals surface area contributed by atoms with Crippen molar-refractivity contribution in [1.82, 2.24) is 15.2 Å². The van der Waals surface area contributed by atoms with E-state index >= 15 is 0 Å². The van der Waals surface area contributed by atoms with Gasteiger partial charge in [-0.2, -0.15) is 5.26 Å². The van der Waals surface area contributed by atoms with Crippen LogP contribution in [-0.4, -0.2) is 53.1 Å². The molecule has 1 N–H and O–H groups in total. The van der Waals surface area contributed by atoms with Gasteiger partial charge in [-0.05, 0) is 54.0 Å². The van der Waals surface area contributed by atoms with Crippen LogP contribution < -0.4 is 10.1 Å². The molecule has 1 aliphatic rings. The zero-order chi connectivity index (χ0) is 28.4. The van der Waals surface area contributed by atoms with Gasteiger partial charge in [-0.15, -0.1) is 13.2 Å². The number of nitrogens with zero attached hydrogens (tertiary/aromatic N) is 3. The first kappa shape index (κ1) is 27.5. The smallest absolute Gasteiger partial charge is 0.406 e. The second-order valence-corrected chi connectivity index (χ2v) is 8.94. The van der Waals surface area contributed by atoms with Crippen LogP contribution in [0.1, 0.15) is 34.8 Å². The lowest BCUT2D eigenvalue weighted by atomic mass is 10.00. The Morgan fingerprint density at radius 1 is 1.21 bits per heavy atom. The molecule has 3 aromatic rings. The summed E-state index contributed by atoms with van der Waals surface area (Å²) in [7, 11) is 0. The third-order valence-corrected chi connectivity index (χ3v) is 6.08. The Morgan fingerprint density at radius 2 is 1.92 bits per heavy atom. The molecular formula is C27H21F5N4O3. The number of hydrogen-bond donors (Lipinski definition) is 1. The minimum absolute atomic E-state index is 0.194. The zero-order valence-electron chi connectivity index (χ0n) is 20.4. The Hall–Kier alpha value is -4.53. The van der Waals surface area contributed by atoms with E-state index in [-0.39, 0.29) is 11.3 Å². The van der Waals surface area contributed by atoms with Crippen LogP contribution in [0.4, 0.5) is 22.0 Å². The lowest BCUT2D eigenvalue weighted by Crippen LogP contribution is -2.43. The molecule has 2 amide bonds. The fourth-order valence-electron chi connectivity index (χ4n) is 4.24. The van der Waals surface area contributed by atoms with Crippen molar-refractivity contribution in [1.29, 1.82) is 5.26 Å². The number of ether oxygens (including phenoxy) is 1. The van der Waals surface area contributed by atoms with Crippen LogP contribution in [0.5, 0.6) is 5.75 Å². The summed E-state index contributed by atoms with van der Waals surface area (Å²) < 4.78 is 68.3. The predicted octanol–water partition coefficient (Wildman–Crippen LogP) is 5.18. The third kappa shape index (κ3) is 6.67. The number of alkyl halides is 5. The van der Waals surface area contributed by atoms with Gasteiger partial charge in [0.15, 0.2) is 0 Å². The highest BCUT2D eigenvalue weighted by atomic mass is 19.4. The van der Waals surface area contributed by atoms with E-state index in [1.807, 2.05) is 0 Å². The van der Waals surface area contributed by atoms with Crippen LogP contribution in [0.3, 0.4) is 0 Å². The van der Waals surface area contributed by atoms with Gasteiger partial charge in [0.05, 0.1) is 30.2 Å². The number of amides is 2. The number of nitrogens with one attached hydrogen (secondary N) is 1. The molecule has 4 rings (SSSR count). The first-order valence-corrected chi connectivity index (χ1v) is 11.6. The van der Waals surface area contributed by atoms with E-state index in [1.165, 1.54) is 36.5 Å². The van der Waals surface area contributed by atoms with Crippen molar-refractivity contribution < 1.29 is 36.3 Å². The summed E-state index contributed by atoms with van der Waals surface area (Å²) in [5.41, 5.74) is 2.74. The number of aromatic nitrogens is 1. The molecule has 7 nitrogen and oxygen atoms in total. The van der Waals surface area contributed by atoms with E-state index in [0.717, 1.165) is 10.5 Å². The number of rotatable bonds is 6. The lowest BCUT2D eigenvalue weighted by molar-refractivity contribution is -0.274. The van der Waals surface area contributed by atoms with E-state index in [0.29, 0.717) is 22.0 Å². The number of allylic oxidation sites excluding steroid dienone is 1. The van der Waals surface area contributed by atoms with Crippen LogP contribution >= 0.6 is 0 Å². The van der Waals surface area contributed by atoms with Crippen LogP contribution in [0.15, 0.2) is 54.7 Å². The molecule has 2 aromatic carbocycles. The molecule has 1 atom stereocenters. The monoisotopic (exact) mass is 544 g/mol. The molecule has 0 bridgehead atoms. The fourth-order valence-corrected chi connectivity index (χ4v) is 4.24. The van der Waals surface area contributed by atoms with Gasteiger partial charge in [-0.25, -0.2) is 8.78 Å². The van der Waals surface area contributed by atoms with Gasteiger partial charge >= 0.3 is 6.36 Å². The predicted molar refractivity (Wildman–Crippen MR) is 131 cm³/mol. The summed E-state index contributed by atoms with van der Waals surface area (Å²) in [6, 6.07) is 12.4. The van der Waals surface area contributed by atoms with Crippen LogP contribution in [0, 0.1) is 11.3 Å². The topological polar surface area (TPSA) is 95.3 Å². The highest BCUT2D eigenvalue weighted by Crippen LogP contribution is 2.32. The van der Waals surface area contributed by atoms with Gasteiger partial charge in [-0.3, -0.25) is 14.6 Å². The summed E-state index contributed by atoms with van der Waals surface area (Å²) in [6.07, 6.45) is -2.38. The van der Waals surface area contributed by atoms with Gasteiger partial charge in [0.2, 0.25) is 5.91 Å². The molecule has 1 saturated heterocycles. The molecule has 202 valence electrons. The highest BCUT2D eigenvalue weighted by Gasteiger charge is 2.47. The second kappa shape index (κ2) is 10.7. The SMILES string of the molecule is CC(=Cc1ccc(OC(F)(F)F)cc1)c1ccc2nccc(C(=O)NCC(=O)N3CC(F)(F)CC3C#N)c2c1. The Bertz CT molecular complexity index is 1480. The van der Waals surface area contributed by atoms with Crippen LogP contribution in [0.25, 0.3) is 22.6 Å². The maximum absolute atomic E-state index is 13.7. The number of likely N-dealkylation sites (tertiary alicyclic amines) is 1. The number of nitriles is 1. The first-order valence-electron chi connectivity index (χ1n) is 11.6. The summed E-state index contributed by atoms with van der Waals surface area (Å²) in [5, 5.41) is 12.0. The summed E-state index contributed by atoms with van der Waals surface area (Å²) in [6.45, 7) is 0.336. The molecule has 1 aliphatic heterocycles. The largest absolute Gasteiger partial charge is 0.573 e. The quantitative estimate of drug-likeness (QED) is 0.341. The van der Waals surface area contributed by atoms with Gasteiger partial charge in [0, 0.05) is 18.0 Å². The average Bonchev–Trinajstić information content (AvgIpc) is 3.21. The molecule has 0 radical (unpaired) electrons. The molecular weight excluding hydrogens is 523 g/mol. The van der Waals surface area contributed by atoms with Crippen molar-refractivity contribution in [2.24, 2.45) is 0 Å². The molecule has 0 saturated carbocycles. The fraction of sp³-hybridized carbons (Fsp3) is 0.259. The van der Waals surface area contributed by atoms with Gasteiger partial charge < -0.3 is 15.0 Å². The van der Waals surface area contributed by atoms with Gasteiger partial charge in [0.25, 0.3) is 11.8 Å². The van der Waals surface area contributed by atoms with Crippen molar-refractivity contribution in [3.63, 3.8) is 0 Å². The van der Waals surface area contributed by atoms with E-state index in [1.54, 1.807) is 37.3 Å². The first-order chi connectivity index (χ1) is 18.3. The summed E-state index contributed by atoms with van der Waals surface area (Å²) in [4.78, 5) is 30.4. The molecule has 0 aliphatic carbocycles. The van der Waals surface area contributed by atoms with Crippen molar-refractivity contribution in [3.05, 3.63) is 71.4 Å². The minimum atomic E-state index is -4.79. The Kier molecular flexibility index (Phi) is 7.53. The number of hydrogen-bond acceptors (Lipinski definition) is 5. The molecule has 2 heterocycles. The molecule has 1 aromatic heterocycles. The lowest BCUT2D eigenvalue weighted by Gasteiger charge is -2.19. The van der Waals surface area contributed by atoms with Crippen molar-refractivity contribution in [3.8, 4) is 11.8 Å². The number of pyridine rings is 1. The molecule has 12 heteroatoms. The van der Waals surface area contributed by atoms with E-state index in [4.69, 9.17) is 5.26 Å². The second-order valence-electron chi connectivity index (χ2n) is 8.94. The molecule has 1 fully saturated rings. The third-order valence-electron chi connectivity index (χ3n) is 6.08. The molecule has 1 unspecified atom stereocenters. The van der Waals surface area contributed by atoms with E-state index < -0.39 is 49.7 Å². The molecule has 39 heavy (non-hydrogen) atoms. The Balaban J connectivity index is 1.51. The maximum Gasteiger partial charge on any atom is 0.573 e. The highest BCUT2D eigenvalue weighted by molar-refractivity contribution is 6.07. The minimum Gasteiger partial charge on any atom is -0.406 e. The summed E-state index contributed by atoms with van der Waals surface area (Å²) in [5.74, 6) is -4.93. The number of fused-ring (bicyclic) bond motifs is 1. The zero-order valence-corrected chi connectivity index (χ0v) is 20.4. The molecule has 0 spiro atoms. The van der Waals surface area contributed by atoms with E-state index in [2.05, 4.69) is 15.0 Å². The number of carbonyl (C=O) groups is 2. The standard InChI is InChI=1S/C27H21F5N4O3/c1-16(10-17-2-5-20(6-3-17)39-27(30,31)32)18-4-7-23-22(11-18)21(8-9-34-23)25(38)35-14-24(37)36-15-26(28,29)12-19(36)13-33/h2-11,19H,12,14-15H2,1H3,(H,35,38). The number of benzene rings is 2. The summed E-state index contributed by atoms with van der Waals surface area (Å²) >= 11 is 0. The average molecular weight is 544 g/mol. The van der Waals surface area contributed by atoms with Crippen molar-refractivity contribution >= 4 is 34.4 Å². The van der Waals surface area contributed by atoms with Crippen molar-refractivity contribution in [2.45, 2.75) is 31.7 Å². The maximum atomic E-state index is 13.7. The van der Waals surface area contributed by atoms with E-state index in [9.17, 15) is 31.5 Å². The number of carbonyl (C=O) groups excluding carboxylic acids is 2. The van der Waals surface area contributed by atoms with Crippen molar-refractivity contribution in [2.75, 3.05) is 13.1 Å². The Labute approximate surface area is 219 Å².